The molecule has 0 aromatic carbocycles. The monoisotopic (exact) mass is 252 g/mol. The highest BCUT2D eigenvalue weighted by atomic mass is 16.5. The van der Waals surface area contributed by atoms with Gasteiger partial charge in [0.1, 0.15) is 18.2 Å². The van der Waals surface area contributed by atoms with Gasteiger partial charge in [0.05, 0.1) is 12.7 Å². The number of anilines is 1. The molecule has 2 heterocycles. The maximum absolute atomic E-state index is 11.2. The SMILES string of the molecule is COc1ncnc(N2CCNCC2C(=O)O)c1C. The number of nitrogens with zero attached hydrogens (tertiary/aromatic N) is 3. The molecule has 1 unspecified atom stereocenters. The minimum Gasteiger partial charge on any atom is -0.481 e. The van der Waals surface area contributed by atoms with Crippen molar-refractivity contribution in [2.75, 3.05) is 31.6 Å². The molecule has 0 spiro atoms. The summed E-state index contributed by atoms with van der Waals surface area (Å²) >= 11 is 0. The normalized spacial score (nSPS) is 19.7. The molecule has 1 atom stereocenters. The van der Waals surface area contributed by atoms with Crippen LogP contribution in [0.25, 0.3) is 0 Å². The molecule has 98 valence electrons. The van der Waals surface area contributed by atoms with E-state index in [1.807, 2.05) is 6.92 Å². The molecule has 0 aliphatic carbocycles. The van der Waals surface area contributed by atoms with Crippen LogP contribution in [0.2, 0.25) is 0 Å². The van der Waals surface area contributed by atoms with Crippen molar-refractivity contribution in [2.24, 2.45) is 0 Å². The van der Waals surface area contributed by atoms with Gasteiger partial charge >= 0.3 is 5.97 Å². The van der Waals surface area contributed by atoms with Gasteiger partial charge in [-0.1, -0.05) is 0 Å². The number of hydrogen-bond donors (Lipinski definition) is 2. The van der Waals surface area contributed by atoms with Gasteiger partial charge in [0.2, 0.25) is 5.88 Å². The number of aromatic nitrogens is 2. The quantitative estimate of drug-likeness (QED) is 0.760. The van der Waals surface area contributed by atoms with E-state index in [0.29, 0.717) is 24.8 Å². The third-order valence-electron chi connectivity index (χ3n) is 3.01. The highest BCUT2D eigenvalue weighted by Crippen LogP contribution is 2.25. The molecule has 1 saturated heterocycles. The summed E-state index contributed by atoms with van der Waals surface area (Å²) in [5.74, 6) is 0.234. The van der Waals surface area contributed by atoms with Crippen LogP contribution in [-0.2, 0) is 4.79 Å². The van der Waals surface area contributed by atoms with Crippen LogP contribution in [-0.4, -0.2) is 53.8 Å². The molecule has 7 heteroatoms. The van der Waals surface area contributed by atoms with Crippen molar-refractivity contribution in [1.82, 2.24) is 15.3 Å². The third-order valence-corrected chi connectivity index (χ3v) is 3.01. The van der Waals surface area contributed by atoms with Gasteiger partial charge in [-0.2, -0.15) is 0 Å². The molecule has 2 rings (SSSR count). The van der Waals surface area contributed by atoms with Gasteiger partial charge in [-0.05, 0) is 6.92 Å². The van der Waals surface area contributed by atoms with E-state index >= 15 is 0 Å². The van der Waals surface area contributed by atoms with Crippen LogP contribution < -0.4 is 15.0 Å². The summed E-state index contributed by atoms with van der Waals surface area (Å²) in [4.78, 5) is 21.2. The van der Waals surface area contributed by atoms with Gasteiger partial charge < -0.3 is 20.1 Å². The molecule has 0 saturated carbocycles. The molecule has 18 heavy (non-hydrogen) atoms. The van der Waals surface area contributed by atoms with Crippen LogP contribution in [0.3, 0.4) is 0 Å². The van der Waals surface area contributed by atoms with Crippen LogP contribution in [0.15, 0.2) is 6.33 Å². The van der Waals surface area contributed by atoms with Crippen LogP contribution >= 0.6 is 0 Å². The smallest absolute Gasteiger partial charge is 0.327 e. The Morgan fingerprint density at radius 1 is 1.61 bits per heavy atom. The van der Waals surface area contributed by atoms with Crippen LogP contribution in [0.1, 0.15) is 5.56 Å². The third kappa shape index (κ3) is 2.21. The van der Waals surface area contributed by atoms with E-state index in [0.717, 1.165) is 12.1 Å². The van der Waals surface area contributed by atoms with Crippen molar-refractivity contribution < 1.29 is 14.6 Å². The number of carboxylic acid groups (broad SMARTS) is 1. The number of ether oxygens (including phenoxy) is 1. The molecule has 0 radical (unpaired) electrons. The first-order valence-electron chi connectivity index (χ1n) is 5.71. The van der Waals surface area contributed by atoms with Crippen molar-refractivity contribution in [1.29, 1.82) is 0 Å². The topological polar surface area (TPSA) is 87.6 Å². The maximum atomic E-state index is 11.2. The summed E-state index contributed by atoms with van der Waals surface area (Å²) in [5.41, 5.74) is 0.758. The number of rotatable bonds is 3. The van der Waals surface area contributed by atoms with Gasteiger partial charge in [-0.15, -0.1) is 0 Å². The summed E-state index contributed by atoms with van der Waals surface area (Å²) in [7, 11) is 1.53. The number of hydrogen-bond acceptors (Lipinski definition) is 6. The minimum atomic E-state index is -0.862. The molecule has 7 nitrogen and oxygen atoms in total. The van der Waals surface area contributed by atoms with Crippen molar-refractivity contribution in [2.45, 2.75) is 13.0 Å². The predicted octanol–water partition coefficient (Wildman–Crippen LogP) is -0.344. The second-order valence-corrected chi connectivity index (χ2v) is 4.08. The standard InChI is InChI=1S/C11H16N4O3/c1-7-9(13-6-14-10(7)18-2)15-4-3-12-5-8(15)11(16)17/h6,8,12H,3-5H2,1-2H3,(H,16,17). The fourth-order valence-electron chi connectivity index (χ4n) is 2.10. The molecule has 0 bridgehead atoms. The first-order valence-corrected chi connectivity index (χ1v) is 5.71. The first kappa shape index (κ1) is 12.6. The number of piperazine rings is 1. The Kier molecular flexibility index (Phi) is 3.61. The lowest BCUT2D eigenvalue weighted by Crippen LogP contribution is -2.55. The van der Waals surface area contributed by atoms with Crippen LogP contribution in [0.4, 0.5) is 5.82 Å². The van der Waals surface area contributed by atoms with E-state index in [1.165, 1.54) is 13.4 Å². The van der Waals surface area contributed by atoms with Crippen molar-refractivity contribution in [3.05, 3.63) is 11.9 Å². The Balaban J connectivity index is 2.36. The Morgan fingerprint density at radius 3 is 3.06 bits per heavy atom. The molecular weight excluding hydrogens is 236 g/mol. The summed E-state index contributed by atoms with van der Waals surface area (Å²) in [6, 6.07) is -0.614. The van der Waals surface area contributed by atoms with Gasteiger partial charge in [0.25, 0.3) is 0 Å². The minimum absolute atomic E-state index is 0.404. The van der Waals surface area contributed by atoms with E-state index in [4.69, 9.17) is 4.74 Å². The Morgan fingerprint density at radius 2 is 2.39 bits per heavy atom. The highest BCUT2D eigenvalue weighted by molar-refractivity contribution is 5.79. The second kappa shape index (κ2) is 5.18. The fourth-order valence-corrected chi connectivity index (χ4v) is 2.10. The zero-order chi connectivity index (χ0) is 13.1. The lowest BCUT2D eigenvalue weighted by Gasteiger charge is -2.35. The van der Waals surface area contributed by atoms with E-state index in [-0.39, 0.29) is 0 Å². The van der Waals surface area contributed by atoms with Crippen molar-refractivity contribution in [3.8, 4) is 5.88 Å². The zero-order valence-corrected chi connectivity index (χ0v) is 10.4. The summed E-state index contributed by atoms with van der Waals surface area (Å²) < 4.78 is 5.13. The van der Waals surface area contributed by atoms with Gasteiger partial charge in [-0.25, -0.2) is 14.8 Å². The average molecular weight is 252 g/mol. The Bertz CT molecular complexity index is 452. The molecule has 1 aliphatic heterocycles. The predicted molar refractivity (Wildman–Crippen MR) is 65.0 cm³/mol. The maximum Gasteiger partial charge on any atom is 0.327 e. The van der Waals surface area contributed by atoms with Crippen molar-refractivity contribution >= 4 is 11.8 Å². The fraction of sp³-hybridized carbons (Fsp3) is 0.545. The van der Waals surface area contributed by atoms with Gasteiger partial charge in [-0.3, -0.25) is 0 Å². The van der Waals surface area contributed by atoms with Gasteiger partial charge in [0.15, 0.2) is 0 Å². The number of aliphatic carboxylic acids is 1. The van der Waals surface area contributed by atoms with Crippen molar-refractivity contribution in [3.63, 3.8) is 0 Å². The number of carboxylic acids is 1. The number of methoxy groups -OCH3 is 1. The highest BCUT2D eigenvalue weighted by Gasteiger charge is 2.30. The van der Waals surface area contributed by atoms with E-state index in [2.05, 4.69) is 15.3 Å². The number of carbonyl (C=O) groups is 1. The zero-order valence-electron chi connectivity index (χ0n) is 10.4. The second-order valence-electron chi connectivity index (χ2n) is 4.08. The van der Waals surface area contributed by atoms with Gasteiger partial charge in [0, 0.05) is 19.6 Å². The molecule has 1 fully saturated rings. The van der Waals surface area contributed by atoms with E-state index in [9.17, 15) is 9.90 Å². The first-order chi connectivity index (χ1) is 8.65. The molecule has 1 aliphatic rings. The molecule has 1 aromatic rings. The summed E-state index contributed by atoms with van der Waals surface area (Å²) in [5, 5.41) is 12.3. The lowest BCUT2D eigenvalue weighted by molar-refractivity contribution is -0.138. The van der Waals surface area contributed by atoms with Crippen LogP contribution in [0.5, 0.6) is 5.88 Å². The Labute approximate surface area is 105 Å². The van der Waals surface area contributed by atoms with E-state index in [1.54, 1.807) is 4.90 Å². The number of nitrogens with one attached hydrogen (secondary N) is 1. The summed E-state index contributed by atoms with van der Waals surface area (Å²) in [6.45, 7) is 3.56. The Hall–Kier alpha value is -1.89. The molecule has 0 amide bonds. The lowest BCUT2D eigenvalue weighted by atomic mass is 10.1. The summed E-state index contributed by atoms with van der Waals surface area (Å²) in [6.07, 6.45) is 1.39. The largest absolute Gasteiger partial charge is 0.481 e. The molecular formula is C11H16N4O3. The van der Waals surface area contributed by atoms with E-state index < -0.39 is 12.0 Å². The average Bonchev–Trinajstić information content (AvgIpc) is 2.39. The molecule has 2 N–H and O–H groups in total. The van der Waals surface area contributed by atoms with Crippen LogP contribution in [0, 0.1) is 6.92 Å². The molecule has 1 aromatic heterocycles.